The van der Waals surface area contributed by atoms with Gasteiger partial charge in [-0.2, -0.15) is 0 Å². The molecule has 0 atom stereocenters. The lowest BCUT2D eigenvalue weighted by molar-refractivity contribution is 0.242. The Labute approximate surface area is 187 Å². The number of benzene rings is 2. The van der Waals surface area contributed by atoms with Crippen LogP contribution in [0.3, 0.4) is 0 Å². The van der Waals surface area contributed by atoms with Gasteiger partial charge in [-0.25, -0.2) is 9.97 Å². The number of para-hydroxylation sites is 1. The summed E-state index contributed by atoms with van der Waals surface area (Å²) in [4.78, 5) is 11.8. The molecular formula is C27H24N4O. The fraction of sp³-hybridized carbons (Fsp3) is 0.185. The average molecular weight is 421 g/mol. The first-order valence-corrected chi connectivity index (χ1v) is 11.1. The van der Waals surface area contributed by atoms with Crippen molar-refractivity contribution in [3.8, 4) is 11.6 Å². The van der Waals surface area contributed by atoms with E-state index >= 15 is 0 Å². The minimum atomic E-state index is 0.662. The smallest absolute Gasteiger partial charge is 0.195 e. The van der Waals surface area contributed by atoms with Gasteiger partial charge in [0, 0.05) is 49.5 Å². The summed E-state index contributed by atoms with van der Waals surface area (Å²) >= 11 is 0. The number of hydrogen-bond acceptors (Lipinski definition) is 4. The summed E-state index contributed by atoms with van der Waals surface area (Å²) in [5.74, 6) is 1.38. The zero-order valence-corrected chi connectivity index (χ0v) is 17.8. The molecule has 0 spiro atoms. The van der Waals surface area contributed by atoms with Crippen molar-refractivity contribution in [1.29, 1.82) is 0 Å². The van der Waals surface area contributed by atoms with Crippen molar-refractivity contribution in [3.05, 3.63) is 108 Å². The molecule has 5 heteroatoms. The van der Waals surface area contributed by atoms with Gasteiger partial charge in [-0.05, 0) is 41.3 Å². The topological polar surface area (TPSA) is 47.1 Å². The van der Waals surface area contributed by atoms with Gasteiger partial charge < -0.3 is 8.98 Å². The minimum absolute atomic E-state index is 0.662. The molecule has 32 heavy (non-hydrogen) atoms. The molecular weight excluding hydrogens is 396 g/mol. The van der Waals surface area contributed by atoms with Gasteiger partial charge in [-0.1, -0.05) is 48.5 Å². The van der Waals surface area contributed by atoms with Gasteiger partial charge in [-0.3, -0.25) is 4.90 Å². The lowest BCUT2D eigenvalue weighted by atomic mass is 10.1. The van der Waals surface area contributed by atoms with Crippen LogP contribution in [0.5, 0.6) is 0 Å². The average Bonchev–Trinajstić information content (AvgIpc) is 3.49. The van der Waals surface area contributed by atoms with Crippen LogP contribution in [0.4, 0.5) is 0 Å². The Balaban J connectivity index is 1.27. The van der Waals surface area contributed by atoms with Crippen molar-refractivity contribution < 1.29 is 4.42 Å². The Morgan fingerprint density at radius 2 is 1.78 bits per heavy atom. The second-order valence-electron chi connectivity index (χ2n) is 8.39. The maximum atomic E-state index is 5.49. The van der Waals surface area contributed by atoms with Gasteiger partial charge in [-0.15, -0.1) is 0 Å². The largest absolute Gasteiger partial charge is 0.461 e. The monoisotopic (exact) mass is 420 g/mol. The molecule has 5 aromatic rings. The molecule has 0 unspecified atom stereocenters. The Kier molecular flexibility index (Phi) is 4.81. The highest BCUT2D eigenvalue weighted by molar-refractivity contribution is 5.84. The number of nitrogens with zero attached hydrogens (tertiary/aromatic N) is 4. The van der Waals surface area contributed by atoms with E-state index < -0.39 is 0 Å². The summed E-state index contributed by atoms with van der Waals surface area (Å²) < 4.78 is 7.86. The van der Waals surface area contributed by atoms with Crippen LogP contribution >= 0.6 is 0 Å². The van der Waals surface area contributed by atoms with E-state index in [0.29, 0.717) is 11.6 Å². The molecule has 0 N–H and O–H groups in total. The maximum absolute atomic E-state index is 5.49. The van der Waals surface area contributed by atoms with Gasteiger partial charge in [0.05, 0.1) is 12.0 Å². The van der Waals surface area contributed by atoms with E-state index in [4.69, 9.17) is 9.40 Å². The van der Waals surface area contributed by atoms with Crippen LogP contribution in [0.2, 0.25) is 0 Å². The van der Waals surface area contributed by atoms with Gasteiger partial charge >= 0.3 is 0 Å². The fourth-order valence-corrected chi connectivity index (χ4v) is 4.62. The van der Waals surface area contributed by atoms with E-state index in [2.05, 4.69) is 75.2 Å². The molecule has 0 saturated heterocycles. The highest BCUT2D eigenvalue weighted by Gasteiger charge is 2.21. The van der Waals surface area contributed by atoms with E-state index in [1.54, 1.807) is 6.26 Å². The molecule has 0 saturated carbocycles. The van der Waals surface area contributed by atoms with Crippen molar-refractivity contribution in [3.63, 3.8) is 0 Å². The van der Waals surface area contributed by atoms with Gasteiger partial charge in [0.15, 0.2) is 11.6 Å². The maximum Gasteiger partial charge on any atom is 0.195 e. The highest BCUT2D eigenvalue weighted by atomic mass is 16.3. The Bertz CT molecular complexity index is 1360. The molecule has 0 amide bonds. The van der Waals surface area contributed by atoms with Crippen LogP contribution in [0.15, 0.2) is 89.8 Å². The molecule has 3 aromatic heterocycles. The van der Waals surface area contributed by atoms with Gasteiger partial charge in [0.25, 0.3) is 0 Å². The molecule has 0 fully saturated rings. The predicted octanol–water partition coefficient (Wildman–Crippen LogP) is 5.30. The van der Waals surface area contributed by atoms with Crippen molar-refractivity contribution in [1.82, 2.24) is 19.4 Å². The zero-order valence-electron chi connectivity index (χ0n) is 17.8. The van der Waals surface area contributed by atoms with Crippen molar-refractivity contribution in [2.75, 3.05) is 6.54 Å². The van der Waals surface area contributed by atoms with Crippen molar-refractivity contribution >= 4 is 10.9 Å². The fourth-order valence-electron chi connectivity index (χ4n) is 4.62. The minimum Gasteiger partial charge on any atom is -0.461 e. The lowest BCUT2D eigenvalue weighted by Crippen LogP contribution is -2.31. The zero-order chi connectivity index (χ0) is 21.3. The second kappa shape index (κ2) is 8.09. The number of aromatic nitrogens is 3. The number of rotatable bonds is 5. The Morgan fingerprint density at radius 3 is 2.66 bits per heavy atom. The summed E-state index contributed by atoms with van der Waals surface area (Å²) in [5.41, 5.74) is 6.30. The van der Waals surface area contributed by atoms with Crippen molar-refractivity contribution in [2.24, 2.45) is 0 Å². The third kappa shape index (κ3) is 3.61. The molecule has 0 bridgehead atoms. The number of fused-ring (bicyclic) bond motifs is 2. The molecule has 158 valence electrons. The van der Waals surface area contributed by atoms with Crippen LogP contribution < -0.4 is 0 Å². The van der Waals surface area contributed by atoms with Crippen molar-refractivity contribution in [2.45, 2.75) is 26.1 Å². The molecule has 1 aliphatic rings. The van der Waals surface area contributed by atoms with Crippen LogP contribution in [-0.4, -0.2) is 26.0 Å². The van der Waals surface area contributed by atoms with Gasteiger partial charge in [0.2, 0.25) is 0 Å². The van der Waals surface area contributed by atoms with Crippen LogP contribution in [0.1, 0.15) is 22.4 Å². The molecule has 2 aromatic carbocycles. The number of hydrogen-bond donors (Lipinski definition) is 0. The van der Waals surface area contributed by atoms with Crippen LogP contribution in [0, 0.1) is 0 Å². The van der Waals surface area contributed by atoms with Crippen LogP contribution in [0.25, 0.3) is 22.5 Å². The Hall–Kier alpha value is -3.70. The summed E-state index contributed by atoms with van der Waals surface area (Å²) in [6.07, 6.45) is 6.91. The van der Waals surface area contributed by atoms with E-state index in [-0.39, 0.29) is 0 Å². The SMILES string of the molecule is c1ccc(Cn2cc(CN3CCc4cnc(-c5ccco5)nc4C3)c3ccccc32)cc1. The van der Waals surface area contributed by atoms with Gasteiger partial charge in [0.1, 0.15) is 0 Å². The van der Waals surface area contributed by atoms with E-state index in [9.17, 15) is 0 Å². The first-order valence-electron chi connectivity index (χ1n) is 11.1. The molecule has 4 heterocycles. The summed E-state index contributed by atoms with van der Waals surface area (Å²) in [5, 5.41) is 1.33. The van der Waals surface area contributed by atoms with E-state index in [0.717, 1.165) is 38.3 Å². The quantitative estimate of drug-likeness (QED) is 0.387. The molecule has 1 aliphatic heterocycles. The summed E-state index contributed by atoms with van der Waals surface area (Å²) in [7, 11) is 0. The first kappa shape index (κ1) is 19.0. The third-order valence-electron chi connectivity index (χ3n) is 6.23. The molecule has 0 radical (unpaired) electrons. The molecule has 5 nitrogen and oxygen atoms in total. The normalized spacial score (nSPS) is 14.0. The summed E-state index contributed by atoms with van der Waals surface area (Å²) in [6.45, 7) is 3.62. The third-order valence-corrected chi connectivity index (χ3v) is 6.23. The molecule has 6 rings (SSSR count). The Morgan fingerprint density at radius 1 is 0.906 bits per heavy atom. The molecule has 0 aliphatic carbocycles. The van der Waals surface area contributed by atoms with E-state index in [1.165, 1.54) is 27.6 Å². The standard InChI is InChI=1S/C27H24N4O/c1-2-7-20(8-3-1)16-31-18-22(23-9-4-5-10-25(23)31)17-30-13-12-21-15-28-27(29-24(21)19-30)26-11-6-14-32-26/h1-11,14-15,18H,12-13,16-17,19H2. The number of furan rings is 1. The first-order chi connectivity index (χ1) is 15.8. The van der Waals surface area contributed by atoms with Crippen LogP contribution in [-0.2, 0) is 26.1 Å². The second-order valence-corrected chi connectivity index (χ2v) is 8.39. The van der Waals surface area contributed by atoms with E-state index in [1.807, 2.05) is 18.3 Å². The lowest BCUT2D eigenvalue weighted by Gasteiger charge is -2.27. The predicted molar refractivity (Wildman–Crippen MR) is 125 cm³/mol. The summed E-state index contributed by atoms with van der Waals surface area (Å²) in [6, 6.07) is 23.1. The highest BCUT2D eigenvalue weighted by Crippen LogP contribution is 2.27.